The predicted octanol–water partition coefficient (Wildman–Crippen LogP) is 3.12. The van der Waals surface area contributed by atoms with Crippen molar-refractivity contribution in [3.8, 4) is 0 Å². The van der Waals surface area contributed by atoms with E-state index < -0.39 is 41.1 Å². The second kappa shape index (κ2) is 10.00. The van der Waals surface area contributed by atoms with Crippen molar-refractivity contribution in [2.24, 2.45) is 11.8 Å². The van der Waals surface area contributed by atoms with Crippen LogP contribution in [0.3, 0.4) is 0 Å². The Morgan fingerprint density at radius 1 is 1.31 bits per heavy atom. The highest BCUT2D eigenvalue weighted by atomic mass is 35.5. The minimum absolute atomic E-state index is 0.0172. The molecular formula is C27H33ClN2O6. The molecule has 0 saturated carbocycles. The zero-order valence-corrected chi connectivity index (χ0v) is 21.4. The van der Waals surface area contributed by atoms with Gasteiger partial charge in [0.05, 0.1) is 24.2 Å². The van der Waals surface area contributed by atoms with Crippen molar-refractivity contribution in [2.75, 3.05) is 24.7 Å². The van der Waals surface area contributed by atoms with Crippen LogP contribution in [0.25, 0.3) is 0 Å². The lowest BCUT2D eigenvalue weighted by atomic mass is 9.66. The number of carbonyl (C=O) groups excluding carboxylic acids is 3. The summed E-state index contributed by atoms with van der Waals surface area (Å²) in [5.74, 6) is -3.02. The number of aliphatic hydroxyl groups excluding tert-OH is 1. The Kier molecular flexibility index (Phi) is 7.33. The van der Waals surface area contributed by atoms with Crippen molar-refractivity contribution in [3.63, 3.8) is 0 Å². The van der Waals surface area contributed by atoms with E-state index in [-0.39, 0.29) is 31.6 Å². The summed E-state index contributed by atoms with van der Waals surface area (Å²) in [4.78, 5) is 44.6. The maximum Gasteiger partial charge on any atom is 0.313 e. The fourth-order valence-corrected chi connectivity index (χ4v) is 6.38. The van der Waals surface area contributed by atoms with Crippen molar-refractivity contribution in [1.82, 2.24) is 4.90 Å². The molecule has 3 saturated heterocycles. The molecule has 2 unspecified atom stereocenters. The van der Waals surface area contributed by atoms with Gasteiger partial charge < -0.3 is 24.4 Å². The van der Waals surface area contributed by atoms with Crippen LogP contribution in [0.15, 0.2) is 49.6 Å². The number of hydrogen-bond donors (Lipinski definition) is 1. The number of fused-ring (bicyclic) bond motifs is 1. The SMILES string of the molecule is C=CCOC(=O)[C@H]1[C@H]2C(=O)N([C@@H](CC)CO)C(C(=O)N(CC=C)c3ccc(Cl)cc3)C23CC[C@]1(C)O3. The second-order valence-electron chi connectivity index (χ2n) is 9.85. The lowest BCUT2D eigenvalue weighted by Crippen LogP contribution is -2.59. The van der Waals surface area contributed by atoms with Gasteiger partial charge in [-0.15, -0.1) is 6.58 Å². The van der Waals surface area contributed by atoms with Gasteiger partial charge in [-0.25, -0.2) is 0 Å². The first kappa shape index (κ1) is 26.4. The predicted molar refractivity (Wildman–Crippen MR) is 135 cm³/mol. The van der Waals surface area contributed by atoms with Gasteiger partial charge in [0, 0.05) is 17.3 Å². The lowest BCUT2D eigenvalue weighted by molar-refractivity contribution is -0.159. The number of anilines is 1. The van der Waals surface area contributed by atoms with E-state index in [1.807, 2.05) is 13.8 Å². The van der Waals surface area contributed by atoms with Crippen molar-refractivity contribution in [1.29, 1.82) is 0 Å². The van der Waals surface area contributed by atoms with Crippen LogP contribution in [-0.4, -0.2) is 70.8 Å². The quantitative estimate of drug-likeness (QED) is 0.379. The number of nitrogens with zero attached hydrogens (tertiary/aromatic N) is 2. The monoisotopic (exact) mass is 516 g/mol. The van der Waals surface area contributed by atoms with Gasteiger partial charge >= 0.3 is 5.97 Å². The Hall–Kier alpha value is -2.68. The molecule has 2 bridgehead atoms. The van der Waals surface area contributed by atoms with Crippen LogP contribution in [0.1, 0.15) is 33.1 Å². The third kappa shape index (κ3) is 3.96. The molecule has 194 valence electrons. The number of esters is 1. The number of halogens is 1. The number of hydrogen-bond acceptors (Lipinski definition) is 6. The van der Waals surface area contributed by atoms with Gasteiger partial charge in [-0.2, -0.15) is 0 Å². The fraction of sp³-hybridized carbons (Fsp3) is 0.519. The molecule has 0 radical (unpaired) electrons. The van der Waals surface area contributed by atoms with E-state index in [0.717, 1.165) is 0 Å². The summed E-state index contributed by atoms with van der Waals surface area (Å²) in [6.07, 6.45) is 4.44. The molecule has 1 aromatic rings. The van der Waals surface area contributed by atoms with Crippen LogP contribution in [0, 0.1) is 11.8 Å². The maximum atomic E-state index is 14.4. The van der Waals surface area contributed by atoms with Crippen molar-refractivity contribution >= 4 is 35.1 Å². The molecule has 9 heteroatoms. The van der Waals surface area contributed by atoms with E-state index in [0.29, 0.717) is 30.0 Å². The van der Waals surface area contributed by atoms with Gasteiger partial charge in [0.1, 0.15) is 24.2 Å². The number of ether oxygens (including phenoxy) is 2. The summed E-state index contributed by atoms with van der Waals surface area (Å²) < 4.78 is 12.0. The summed E-state index contributed by atoms with van der Waals surface area (Å²) in [5.41, 5.74) is -1.56. The first-order chi connectivity index (χ1) is 17.2. The lowest BCUT2D eigenvalue weighted by Gasteiger charge is -2.39. The molecule has 4 rings (SSSR count). The van der Waals surface area contributed by atoms with Crippen LogP contribution in [0.4, 0.5) is 5.69 Å². The van der Waals surface area contributed by atoms with E-state index >= 15 is 0 Å². The number of amides is 2. The highest BCUT2D eigenvalue weighted by Gasteiger charge is 2.79. The topological polar surface area (TPSA) is 96.4 Å². The third-order valence-electron chi connectivity index (χ3n) is 7.84. The average molecular weight is 517 g/mol. The van der Waals surface area contributed by atoms with Crippen LogP contribution in [-0.2, 0) is 23.9 Å². The van der Waals surface area contributed by atoms with Crippen molar-refractivity contribution in [3.05, 3.63) is 54.6 Å². The van der Waals surface area contributed by atoms with E-state index in [2.05, 4.69) is 13.2 Å². The highest BCUT2D eigenvalue weighted by Crippen LogP contribution is 2.63. The number of likely N-dealkylation sites (tertiary alicyclic amines) is 1. The first-order valence-electron chi connectivity index (χ1n) is 12.3. The van der Waals surface area contributed by atoms with E-state index in [1.165, 1.54) is 15.9 Å². The number of benzene rings is 1. The first-order valence-corrected chi connectivity index (χ1v) is 12.7. The van der Waals surface area contributed by atoms with Crippen LogP contribution >= 0.6 is 11.6 Å². The molecule has 3 aliphatic rings. The molecule has 1 spiro atoms. The number of rotatable bonds is 10. The van der Waals surface area contributed by atoms with Crippen LogP contribution in [0.2, 0.25) is 5.02 Å². The van der Waals surface area contributed by atoms with Gasteiger partial charge in [0.25, 0.3) is 5.91 Å². The molecule has 1 aromatic carbocycles. The summed E-state index contributed by atoms with van der Waals surface area (Å²) in [5, 5.41) is 10.7. The zero-order valence-electron chi connectivity index (χ0n) is 20.7. The van der Waals surface area contributed by atoms with E-state index in [9.17, 15) is 19.5 Å². The zero-order chi connectivity index (χ0) is 26.3. The molecule has 0 aliphatic carbocycles. The molecule has 8 nitrogen and oxygen atoms in total. The average Bonchev–Trinajstić information content (AvgIpc) is 3.43. The van der Waals surface area contributed by atoms with Gasteiger partial charge in [-0.3, -0.25) is 14.4 Å². The molecule has 36 heavy (non-hydrogen) atoms. The highest BCUT2D eigenvalue weighted by molar-refractivity contribution is 6.30. The van der Waals surface area contributed by atoms with Gasteiger partial charge in [0.2, 0.25) is 5.91 Å². The molecule has 3 heterocycles. The standard InChI is InChI=1S/C27H33ClN2O6/c1-5-14-29(19-10-8-17(28)9-11-19)24(33)22-27-13-12-26(4,36-27)21(25(34)35-15-6-2)20(27)23(32)30(22)18(7-3)16-31/h5-6,8-11,18,20-22,31H,1-2,7,12-16H2,3-4H3/t18-,20-,21+,22?,26-,27?/m0/s1. The van der Waals surface area contributed by atoms with Crippen molar-refractivity contribution < 1.29 is 29.0 Å². The minimum Gasteiger partial charge on any atom is -0.461 e. The fourth-order valence-electron chi connectivity index (χ4n) is 6.26. The molecule has 6 atom stereocenters. The molecule has 2 amide bonds. The van der Waals surface area contributed by atoms with E-state index in [4.69, 9.17) is 21.1 Å². The molecule has 0 aromatic heterocycles. The van der Waals surface area contributed by atoms with Gasteiger partial charge in [0.15, 0.2) is 0 Å². The Morgan fingerprint density at radius 3 is 2.58 bits per heavy atom. The summed E-state index contributed by atoms with van der Waals surface area (Å²) >= 11 is 6.07. The van der Waals surface area contributed by atoms with Crippen LogP contribution < -0.4 is 4.90 Å². The largest absolute Gasteiger partial charge is 0.461 e. The number of aliphatic hydroxyl groups is 1. The Balaban J connectivity index is 1.82. The van der Waals surface area contributed by atoms with E-state index in [1.54, 1.807) is 30.3 Å². The smallest absolute Gasteiger partial charge is 0.313 e. The summed E-state index contributed by atoms with van der Waals surface area (Å²) in [6.45, 7) is 10.9. The molecule has 3 aliphatic heterocycles. The molecular weight excluding hydrogens is 484 g/mol. The summed E-state index contributed by atoms with van der Waals surface area (Å²) in [6, 6.07) is 5.20. The third-order valence-corrected chi connectivity index (χ3v) is 8.09. The Morgan fingerprint density at radius 2 is 2.00 bits per heavy atom. The molecule has 3 fully saturated rings. The maximum absolute atomic E-state index is 14.4. The second-order valence-corrected chi connectivity index (χ2v) is 10.3. The normalized spacial score (nSPS) is 31.2. The number of carbonyl (C=O) groups is 3. The van der Waals surface area contributed by atoms with Crippen molar-refractivity contribution in [2.45, 2.75) is 56.4 Å². The molecule has 1 N–H and O–H groups in total. The Bertz CT molecular complexity index is 1060. The van der Waals surface area contributed by atoms with Gasteiger partial charge in [-0.05, 0) is 50.5 Å². The van der Waals surface area contributed by atoms with Gasteiger partial charge in [-0.1, -0.05) is 37.3 Å². The van der Waals surface area contributed by atoms with Crippen LogP contribution in [0.5, 0.6) is 0 Å². The summed E-state index contributed by atoms with van der Waals surface area (Å²) in [7, 11) is 0. The minimum atomic E-state index is -1.21. The Labute approximate surface area is 216 Å².